The summed E-state index contributed by atoms with van der Waals surface area (Å²) in [5, 5.41) is 12.6. The second-order valence-corrected chi connectivity index (χ2v) is 9.91. The molecule has 45 heavy (non-hydrogen) atoms. The van der Waals surface area contributed by atoms with Crippen LogP contribution in [0.15, 0.2) is 123 Å². The minimum Gasteiger partial charge on any atom is -0.401 e. The second-order valence-electron chi connectivity index (χ2n) is 9.91. The summed E-state index contributed by atoms with van der Waals surface area (Å²) in [5.74, 6) is 0.161. The van der Waals surface area contributed by atoms with Crippen molar-refractivity contribution in [1.82, 2.24) is 0 Å². The van der Waals surface area contributed by atoms with Crippen molar-refractivity contribution in [3.05, 3.63) is 151 Å². The van der Waals surface area contributed by atoms with Crippen LogP contribution in [0, 0.1) is 18.3 Å². The number of hydrogen-bond acceptors (Lipinski definition) is 5. The Morgan fingerprint density at radius 1 is 0.978 bits per heavy atom. The lowest BCUT2D eigenvalue weighted by atomic mass is 9.95. The summed E-state index contributed by atoms with van der Waals surface area (Å²) >= 11 is 0. The standard InChI is InChI=1S/C19H17N.C17H24N2O.C3H4.CH5N/c1-14(2)18-9-4-5-10-19(18)17(13-20)12-16-8-6-7-15(3)11-16;1-3-5-6-7-8-15(18)13-19-16-11-9-14(10-12-16)17(20)4-2;1-3-2;1-2/h4-12H,1H2,2-3H3;3,9-13,19H,1,4-8,18H2,2H3;1-2H2;2H2,1H3/b17-12+;15-13-;;. The maximum Gasteiger partial charge on any atom is 0.162 e. The molecule has 0 bridgehead atoms. The number of nitrogens with two attached hydrogens (primary N) is 2. The fraction of sp³-hybridized carbons (Fsp3) is 0.225. The Bertz CT molecular complexity index is 1480. The van der Waals surface area contributed by atoms with E-state index in [0.29, 0.717) is 12.0 Å². The average molecular weight is 603 g/mol. The molecule has 0 heterocycles. The quantitative estimate of drug-likeness (QED) is 0.0478. The molecule has 0 saturated heterocycles. The highest BCUT2D eigenvalue weighted by atomic mass is 16.1. The Balaban J connectivity index is 0.000000753. The van der Waals surface area contributed by atoms with Gasteiger partial charge in [0.25, 0.3) is 0 Å². The topological polar surface area (TPSA) is 105 Å². The molecule has 3 rings (SSSR count). The van der Waals surface area contributed by atoms with E-state index in [-0.39, 0.29) is 5.78 Å². The number of nitrogens with zero attached hydrogens (tertiary/aromatic N) is 1. The Hall–Kier alpha value is -5.14. The van der Waals surface area contributed by atoms with E-state index in [1.807, 2.05) is 106 Å². The number of carbonyl (C=O) groups is 1. The number of ketones is 1. The summed E-state index contributed by atoms with van der Waals surface area (Å²) in [4.78, 5) is 11.5. The van der Waals surface area contributed by atoms with Crippen LogP contribution in [0.1, 0.15) is 78.6 Å². The average Bonchev–Trinajstić information content (AvgIpc) is 3.06. The van der Waals surface area contributed by atoms with Crippen molar-refractivity contribution < 1.29 is 4.79 Å². The Morgan fingerprint density at radius 2 is 1.60 bits per heavy atom. The SMILES string of the molecule is C=C(C)c1ccccc1/C(C#N)=C/c1cccc(C)c1.C=C=C.C=CCCCC/C(N)=C/Nc1ccc(C(=O)CC)cc1.CN. The van der Waals surface area contributed by atoms with Crippen LogP contribution >= 0.6 is 0 Å². The summed E-state index contributed by atoms with van der Waals surface area (Å²) in [6.45, 7) is 19.8. The predicted molar refractivity (Wildman–Crippen MR) is 196 cm³/mol. The van der Waals surface area contributed by atoms with E-state index in [0.717, 1.165) is 64.9 Å². The lowest BCUT2D eigenvalue weighted by molar-refractivity contribution is 0.0988. The van der Waals surface area contributed by atoms with Crippen LogP contribution in [0.2, 0.25) is 0 Å². The summed E-state index contributed by atoms with van der Waals surface area (Å²) in [5.41, 5.74) is 21.0. The van der Waals surface area contributed by atoms with Gasteiger partial charge in [0.05, 0.1) is 11.6 Å². The monoisotopic (exact) mass is 602 g/mol. The minimum absolute atomic E-state index is 0.161. The second kappa shape index (κ2) is 24.3. The van der Waals surface area contributed by atoms with E-state index < -0.39 is 0 Å². The van der Waals surface area contributed by atoms with Gasteiger partial charge in [0.15, 0.2) is 5.78 Å². The molecule has 0 aliphatic heterocycles. The van der Waals surface area contributed by atoms with Gasteiger partial charge in [-0.3, -0.25) is 4.79 Å². The number of carbonyl (C=O) groups excluding carboxylic acids is 1. The Kier molecular flexibility index (Phi) is 21.5. The number of benzene rings is 3. The first kappa shape index (κ1) is 39.9. The van der Waals surface area contributed by atoms with Crippen molar-refractivity contribution in [3.8, 4) is 6.07 Å². The molecular formula is C40H50N4O. The molecule has 236 valence electrons. The number of nitriles is 1. The highest BCUT2D eigenvalue weighted by Gasteiger charge is 2.07. The molecule has 3 aromatic carbocycles. The molecule has 0 aromatic heterocycles. The van der Waals surface area contributed by atoms with Crippen LogP contribution in [0.25, 0.3) is 17.2 Å². The van der Waals surface area contributed by atoms with Crippen LogP contribution in [0.4, 0.5) is 5.69 Å². The highest BCUT2D eigenvalue weighted by Crippen LogP contribution is 2.26. The van der Waals surface area contributed by atoms with Gasteiger partial charge in [0.2, 0.25) is 0 Å². The number of aryl methyl sites for hydroxylation is 1. The number of hydrogen-bond donors (Lipinski definition) is 3. The Labute approximate surface area is 271 Å². The predicted octanol–water partition coefficient (Wildman–Crippen LogP) is 9.86. The summed E-state index contributed by atoms with van der Waals surface area (Å²) in [6.07, 6.45) is 10.3. The fourth-order valence-corrected chi connectivity index (χ4v) is 4.01. The molecule has 5 nitrogen and oxygen atoms in total. The van der Waals surface area contributed by atoms with E-state index in [1.54, 1.807) is 0 Å². The molecule has 0 atom stereocenters. The third kappa shape index (κ3) is 16.3. The summed E-state index contributed by atoms with van der Waals surface area (Å²) < 4.78 is 0. The first-order valence-corrected chi connectivity index (χ1v) is 15.0. The molecule has 0 saturated carbocycles. The lowest BCUT2D eigenvalue weighted by Crippen LogP contribution is -2.01. The normalized spacial score (nSPS) is 10.1. The van der Waals surface area contributed by atoms with Crippen molar-refractivity contribution in [2.75, 3.05) is 12.4 Å². The molecule has 0 aliphatic rings. The minimum atomic E-state index is 0.161. The molecule has 0 aliphatic carbocycles. The zero-order chi connectivity index (χ0) is 34.0. The molecule has 3 aromatic rings. The molecule has 5 heteroatoms. The fourth-order valence-electron chi connectivity index (χ4n) is 4.01. The van der Waals surface area contributed by atoms with Crippen LogP contribution in [0.3, 0.4) is 0 Å². The third-order valence-corrected chi connectivity index (χ3v) is 6.23. The van der Waals surface area contributed by atoms with Gasteiger partial charge < -0.3 is 16.8 Å². The number of rotatable bonds is 12. The third-order valence-electron chi connectivity index (χ3n) is 6.23. The van der Waals surface area contributed by atoms with Crippen LogP contribution in [-0.2, 0) is 0 Å². The highest BCUT2D eigenvalue weighted by molar-refractivity contribution is 5.96. The van der Waals surface area contributed by atoms with Crippen LogP contribution in [-0.4, -0.2) is 12.8 Å². The number of nitrogens with one attached hydrogen (secondary N) is 1. The van der Waals surface area contributed by atoms with Crippen molar-refractivity contribution in [2.24, 2.45) is 11.5 Å². The van der Waals surface area contributed by atoms with E-state index in [9.17, 15) is 10.1 Å². The van der Waals surface area contributed by atoms with Gasteiger partial charge >= 0.3 is 0 Å². The maximum atomic E-state index is 11.5. The zero-order valence-corrected chi connectivity index (χ0v) is 27.5. The molecular weight excluding hydrogens is 552 g/mol. The lowest BCUT2D eigenvalue weighted by Gasteiger charge is -2.08. The van der Waals surface area contributed by atoms with Crippen LogP contribution in [0.5, 0.6) is 0 Å². The van der Waals surface area contributed by atoms with Gasteiger partial charge in [-0.25, -0.2) is 0 Å². The number of Topliss-reactive ketones (excluding diaryl/α,β-unsaturated/α-hetero) is 1. The summed E-state index contributed by atoms with van der Waals surface area (Å²) in [6, 6.07) is 25.8. The van der Waals surface area contributed by atoms with Crippen molar-refractivity contribution in [3.63, 3.8) is 0 Å². The van der Waals surface area contributed by atoms with Gasteiger partial charge in [-0.1, -0.05) is 92.4 Å². The van der Waals surface area contributed by atoms with E-state index in [4.69, 9.17) is 5.73 Å². The molecule has 0 unspecified atom stereocenters. The van der Waals surface area contributed by atoms with Gasteiger partial charge in [0, 0.05) is 29.6 Å². The van der Waals surface area contributed by atoms with E-state index in [1.165, 1.54) is 12.6 Å². The smallest absolute Gasteiger partial charge is 0.162 e. The molecule has 0 radical (unpaired) electrons. The van der Waals surface area contributed by atoms with Crippen molar-refractivity contribution in [1.29, 1.82) is 5.26 Å². The van der Waals surface area contributed by atoms with Crippen LogP contribution < -0.4 is 16.8 Å². The van der Waals surface area contributed by atoms with Gasteiger partial charge in [-0.05, 0) is 93.6 Å². The Morgan fingerprint density at radius 3 is 2.13 bits per heavy atom. The van der Waals surface area contributed by atoms with E-state index >= 15 is 0 Å². The van der Waals surface area contributed by atoms with Gasteiger partial charge in [0.1, 0.15) is 0 Å². The molecule has 5 N–H and O–H groups in total. The molecule has 0 spiro atoms. The number of anilines is 1. The first-order valence-electron chi connectivity index (χ1n) is 15.0. The zero-order valence-electron chi connectivity index (χ0n) is 27.5. The number of unbranched alkanes of at least 4 members (excludes halogenated alkanes) is 2. The van der Waals surface area contributed by atoms with E-state index in [2.05, 4.69) is 55.2 Å². The first-order chi connectivity index (χ1) is 21.7. The van der Waals surface area contributed by atoms with Crippen molar-refractivity contribution in [2.45, 2.75) is 52.9 Å². The molecule has 0 fully saturated rings. The maximum absolute atomic E-state index is 11.5. The van der Waals surface area contributed by atoms with Gasteiger partial charge in [-0.2, -0.15) is 5.26 Å². The molecule has 0 amide bonds. The van der Waals surface area contributed by atoms with Gasteiger partial charge in [-0.15, -0.1) is 12.3 Å². The van der Waals surface area contributed by atoms with Crippen molar-refractivity contribution >= 4 is 28.7 Å². The number of allylic oxidation sites excluding steroid dienone is 4. The largest absolute Gasteiger partial charge is 0.401 e. The summed E-state index contributed by atoms with van der Waals surface area (Å²) in [7, 11) is 1.50.